The number of carbonyl (C=O) groups excluding carboxylic acids is 1. The first-order valence-corrected chi connectivity index (χ1v) is 7.64. The van der Waals surface area contributed by atoms with Crippen molar-refractivity contribution >= 4 is 17.2 Å². The van der Waals surface area contributed by atoms with E-state index < -0.39 is 18.0 Å². The van der Waals surface area contributed by atoms with E-state index in [1.807, 2.05) is 13.8 Å². The molecule has 1 amide bonds. The standard InChI is InChI=1S/C17H16F2N4O2/c1-10(2)25-14-8-15-20-6-7-23(15)9-13(14)22-17(24)12-5-3-4-11(21-12)16(18)19/h3-10,16H,1-2H3,(H,22,24). The van der Waals surface area contributed by atoms with Gasteiger partial charge in [0.15, 0.2) is 0 Å². The van der Waals surface area contributed by atoms with Crippen molar-refractivity contribution in [3.63, 3.8) is 0 Å². The molecular formula is C17H16F2N4O2. The van der Waals surface area contributed by atoms with Crippen molar-refractivity contribution in [3.05, 3.63) is 54.2 Å². The largest absolute Gasteiger partial charge is 0.489 e. The Bertz CT molecular complexity index is 909. The van der Waals surface area contributed by atoms with Crippen LogP contribution in [-0.4, -0.2) is 26.4 Å². The van der Waals surface area contributed by atoms with E-state index in [1.165, 1.54) is 18.2 Å². The average Bonchev–Trinajstić information content (AvgIpc) is 3.01. The van der Waals surface area contributed by atoms with Crippen molar-refractivity contribution in [3.8, 4) is 5.75 Å². The van der Waals surface area contributed by atoms with Crippen LogP contribution in [-0.2, 0) is 0 Å². The van der Waals surface area contributed by atoms with Gasteiger partial charge >= 0.3 is 0 Å². The number of anilines is 1. The Morgan fingerprint density at radius 1 is 1.32 bits per heavy atom. The highest BCUT2D eigenvalue weighted by atomic mass is 19.3. The number of ether oxygens (including phenoxy) is 1. The number of alkyl halides is 2. The molecule has 3 heterocycles. The quantitative estimate of drug-likeness (QED) is 0.765. The summed E-state index contributed by atoms with van der Waals surface area (Å²) in [5, 5.41) is 2.66. The highest BCUT2D eigenvalue weighted by molar-refractivity contribution is 6.03. The van der Waals surface area contributed by atoms with Gasteiger partial charge in [-0.15, -0.1) is 0 Å². The molecule has 0 fully saturated rings. The molecule has 0 aliphatic rings. The van der Waals surface area contributed by atoms with Gasteiger partial charge in [-0.25, -0.2) is 18.7 Å². The number of rotatable bonds is 5. The summed E-state index contributed by atoms with van der Waals surface area (Å²) in [7, 11) is 0. The second-order valence-electron chi connectivity index (χ2n) is 5.61. The highest BCUT2D eigenvalue weighted by Crippen LogP contribution is 2.27. The fourth-order valence-corrected chi connectivity index (χ4v) is 2.27. The lowest BCUT2D eigenvalue weighted by Crippen LogP contribution is -2.17. The van der Waals surface area contributed by atoms with Gasteiger partial charge in [-0.1, -0.05) is 6.07 Å². The first-order valence-electron chi connectivity index (χ1n) is 7.64. The molecule has 0 radical (unpaired) electrons. The molecule has 0 unspecified atom stereocenters. The lowest BCUT2D eigenvalue weighted by molar-refractivity contribution is 0.101. The summed E-state index contributed by atoms with van der Waals surface area (Å²) < 4.78 is 32.9. The summed E-state index contributed by atoms with van der Waals surface area (Å²) >= 11 is 0. The predicted molar refractivity (Wildman–Crippen MR) is 88.1 cm³/mol. The van der Waals surface area contributed by atoms with Gasteiger partial charge in [-0.05, 0) is 26.0 Å². The Balaban J connectivity index is 1.93. The molecule has 3 aromatic heterocycles. The molecule has 0 saturated heterocycles. The molecule has 25 heavy (non-hydrogen) atoms. The second kappa shape index (κ2) is 6.84. The zero-order chi connectivity index (χ0) is 18.0. The van der Waals surface area contributed by atoms with Gasteiger partial charge in [0.1, 0.15) is 28.5 Å². The number of fused-ring (bicyclic) bond motifs is 1. The summed E-state index contributed by atoms with van der Waals surface area (Å²) in [4.78, 5) is 20.3. The van der Waals surface area contributed by atoms with Crippen molar-refractivity contribution in [1.82, 2.24) is 14.4 Å². The first-order chi connectivity index (χ1) is 11.9. The molecule has 3 aromatic rings. The van der Waals surface area contributed by atoms with Crippen LogP contribution < -0.4 is 10.1 Å². The van der Waals surface area contributed by atoms with E-state index in [0.29, 0.717) is 17.1 Å². The zero-order valence-electron chi connectivity index (χ0n) is 13.6. The highest BCUT2D eigenvalue weighted by Gasteiger charge is 2.16. The number of amides is 1. The van der Waals surface area contributed by atoms with Crippen molar-refractivity contribution < 1.29 is 18.3 Å². The van der Waals surface area contributed by atoms with E-state index in [1.54, 1.807) is 29.1 Å². The van der Waals surface area contributed by atoms with Crippen LogP contribution >= 0.6 is 0 Å². The van der Waals surface area contributed by atoms with Crippen LogP contribution in [0, 0.1) is 0 Å². The normalized spacial score (nSPS) is 11.3. The third-order valence-corrected chi connectivity index (χ3v) is 3.33. The fraction of sp³-hybridized carbons (Fsp3) is 0.235. The number of nitrogens with zero attached hydrogens (tertiary/aromatic N) is 3. The molecule has 3 rings (SSSR count). The zero-order valence-corrected chi connectivity index (χ0v) is 13.6. The summed E-state index contributed by atoms with van der Waals surface area (Å²) in [5.74, 6) is -0.164. The number of halogens is 2. The molecular weight excluding hydrogens is 330 g/mol. The molecule has 0 atom stereocenters. The van der Waals surface area contributed by atoms with Crippen LogP contribution in [0.25, 0.3) is 5.65 Å². The number of carbonyl (C=O) groups is 1. The minimum atomic E-state index is -2.74. The maximum Gasteiger partial charge on any atom is 0.280 e. The molecule has 6 nitrogen and oxygen atoms in total. The Hall–Kier alpha value is -3.03. The Labute approximate surface area is 142 Å². The maximum atomic E-state index is 12.8. The Morgan fingerprint density at radius 2 is 2.12 bits per heavy atom. The van der Waals surface area contributed by atoms with Gasteiger partial charge in [-0.3, -0.25) is 4.79 Å². The van der Waals surface area contributed by atoms with Crippen LogP contribution in [0.1, 0.15) is 36.5 Å². The SMILES string of the molecule is CC(C)Oc1cc2nccn2cc1NC(=O)c1cccc(C(F)F)n1. The third kappa shape index (κ3) is 3.73. The number of hydrogen-bond donors (Lipinski definition) is 1. The predicted octanol–water partition coefficient (Wildman–Crippen LogP) is 3.71. The van der Waals surface area contributed by atoms with E-state index in [0.717, 1.165) is 0 Å². The molecule has 0 aliphatic heterocycles. The lowest BCUT2D eigenvalue weighted by atomic mass is 10.2. The summed E-state index contributed by atoms with van der Waals surface area (Å²) in [5.41, 5.74) is 0.510. The number of aromatic nitrogens is 3. The van der Waals surface area contributed by atoms with E-state index in [4.69, 9.17) is 4.74 Å². The maximum absolute atomic E-state index is 12.8. The van der Waals surface area contributed by atoms with Gasteiger partial charge in [0.2, 0.25) is 0 Å². The minimum absolute atomic E-state index is 0.0981. The number of hydrogen-bond acceptors (Lipinski definition) is 4. The molecule has 0 spiro atoms. The van der Waals surface area contributed by atoms with Gasteiger partial charge in [0, 0.05) is 24.7 Å². The number of nitrogens with one attached hydrogen (secondary N) is 1. The first kappa shape index (κ1) is 16.8. The number of pyridine rings is 2. The summed E-state index contributed by atoms with van der Waals surface area (Å²) in [6.07, 6.45) is 2.13. The van der Waals surface area contributed by atoms with Gasteiger partial charge < -0.3 is 14.5 Å². The second-order valence-corrected chi connectivity index (χ2v) is 5.61. The molecule has 130 valence electrons. The van der Waals surface area contributed by atoms with Gasteiger partial charge in [0.05, 0.1) is 6.10 Å². The summed E-state index contributed by atoms with van der Waals surface area (Å²) in [6, 6.07) is 5.61. The van der Waals surface area contributed by atoms with E-state index in [9.17, 15) is 13.6 Å². The smallest absolute Gasteiger partial charge is 0.280 e. The van der Waals surface area contributed by atoms with Crippen LogP contribution in [0.2, 0.25) is 0 Å². The average molecular weight is 346 g/mol. The fourth-order valence-electron chi connectivity index (χ4n) is 2.27. The molecule has 1 N–H and O–H groups in total. The van der Waals surface area contributed by atoms with E-state index in [-0.39, 0.29) is 11.8 Å². The molecule has 0 saturated carbocycles. The lowest BCUT2D eigenvalue weighted by Gasteiger charge is -2.15. The van der Waals surface area contributed by atoms with Crippen LogP contribution in [0.4, 0.5) is 14.5 Å². The van der Waals surface area contributed by atoms with Gasteiger partial charge in [-0.2, -0.15) is 0 Å². The Morgan fingerprint density at radius 3 is 2.84 bits per heavy atom. The van der Waals surface area contributed by atoms with E-state index in [2.05, 4.69) is 15.3 Å². The van der Waals surface area contributed by atoms with Crippen molar-refractivity contribution in [1.29, 1.82) is 0 Å². The van der Waals surface area contributed by atoms with Crippen molar-refractivity contribution in [2.45, 2.75) is 26.4 Å². The van der Waals surface area contributed by atoms with Crippen molar-refractivity contribution in [2.24, 2.45) is 0 Å². The molecule has 8 heteroatoms. The topological polar surface area (TPSA) is 68.5 Å². The molecule has 0 bridgehead atoms. The van der Waals surface area contributed by atoms with Crippen LogP contribution in [0.15, 0.2) is 42.9 Å². The molecule has 0 aromatic carbocycles. The summed E-state index contributed by atoms with van der Waals surface area (Å²) in [6.45, 7) is 3.71. The monoisotopic (exact) mass is 346 g/mol. The minimum Gasteiger partial charge on any atom is -0.489 e. The van der Waals surface area contributed by atoms with Crippen LogP contribution in [0.3, 0.4) is 0 Å². The van der Waals surface area contributed by atoms with Gasteiger partial charge in [0.25, 0.3) is 12.3 Å². The Kier molecular flexibility index (Phi) is 4.60. The van der Waals surface area contributed by atoms with Crippen molar-refractivity contribution in [2.75, 3.05) is 5.32 Å². The molecule has 0 aliphatic carbocycles. The van der Waals surface area contributed by atoms with Crippen LogP contribution in [0.5, 0.6) is 5.75 Å². The number of imidazole rings is 1. The third-order valence-electron chi connectivity index (χ3n) is 3.33. The van der Waals surface area contributed by atoms with E-state index >= 15 is 0 Å².